The van der Waals surface area contributed by atoms with Gasteiger partial charge in [0.1, 0.15) is 0 Å². The van der Waals surface area contributed by atoms with Crippen molar-refractivity contribution in [3.8, 4) is 0 Å². The first-order valence-corrected chi connectivity index (χ1v) is 14.6. The molecular weight excluding hydrogens is 545 g/mol. The summed E-state index contributed by atoms with van der Waals surface area (Å²) in [6.07, 6.45) is 1.62. The summed E-state index contributed by atoms with van der Waals surface area (Å²) in [6, 6.07) is 14.4. The fraction of sp³-hybridized carbons (Fsp3) is 0.208. The van der Waals surface area contributed by atoms with Crippen LogP contribution in [-0.2, 0) is 20.0 Å². The number of hydrogen-bond donors (Lipinski definition) is 2. The van der Waals surface area contributed by atoms with Gasteiger partial charge < -0.3 is 5.32 Å². The summed E-state index contributed by atoms with van der Waals surface area (Å²) in [5.41, 5.74) is 1.38. The molecule has 3 aromatic rings. The van der Waals surface area contributed by atoms with Crippen LogP contribution in [-0.4, -0.2) is 40.1 Å². The Bertz CT molecular complexity index is 1500. The lowest BCUT2D eigenvalue weighted by atomic mass is 10.1. The van der Waals surface area contributed by atoms with Gasteiger partial charge in [-0.05, 0) is 79.9 Å². The average Bonchev–Trinajstić information content (AvgIpc) is 3.34. The van der Waals surface area contributed by atoms with E-state index in [0.717, 1.165) is 12.8 Å². The van der Waals surface area contributed by atoms with E-state index in [2.05, 4.69) is 10.0 Å². The number of aryl methyl sites for hydroxylation is 1. The third kappa shape index (κ3) is 5.84. The molecule has 0 aliphatic carbocycles. The quantitative estimate of drug-likeness (QED) is 0.410. The minimum absolute atomic E-state index is 0.0357. The number of anilines is 2. The number of hydrogen-bond acceptors (Lipinski definition) is 5. The van der Waals surface area contributed by atoms with Crippen molar-refractivity contribution in [3.63, 3.8) is 0 Å². The van der Waals surface area contributed by atoms with Gasteiger partial charge in [-0.15, -0.1) is 0 Å². The van der Waals surface area contributed by atoms with Crippen molar-refractivity contribution in [1.82, 2.24) is 4.31 Å². The molecule has 0 saturated carbocycles. The van der Waals surface area contributed by atoms with E-state index in [4.69, 9.17) is 23.2 Å². The van der Waals surface area contributed by atoms with Crippen molar-refractivity contribution in [3.05, 3.63) is 81.8 Å². The Labute approximate surface area is 220 Å². The van der Waals surface area contributed by atoms with Gasteiger partial charge >= 0.3 is 0 Å². The van der Waals surface area contributed by atoms with Gasteiger partial charge in [-0.1, -0.05) is 29.3 Å². The normalized spacial score (nSPS) is 14.5. The number of carbonyl (C=O) groups is 1. The number of nitrogens with one attached hydrogen (secondary N) is 2. The van der Waals surface area contributed by atoms with E-state index < -0.39 is 26.0 Å². The molecule has 1 saturated heterocycles. The van der Waals surface area contributed by atoms with E-state index in [9.17, 15) is 21.6 Å². The molecule has 12 heteroatoms. The van der Waals surface area contributed by atoms with E-state index in [0.29, 0.717) is 24.3 Å². The fourth-order valence-corrected chi connectivity index (χ4v) is 6.94. The van der Waals surface area contributed by atoms with Crippen LogP contribution in [0.3, 0.4) is 0 Å². The zero-order valence-electron chi connectivity index (χ0n) is 19.2. The highest BCUT2D eigenvalue weighted by Crippen LogP contribution is 2.26. The Balaban J connectivity index is 1.51. The molecule has 1 aliphatic heterocycles. The van der Waals surface area contributed by atoms with Crippen LogP contribution in [0.2, 0.25) is 10.0 Å². The molecule has 0 radical (unpaired) electrons. The first kappa shape index (κ1) is 26.4. The van der Waals surface area contributed by atoms with Gasteiger partial charge in [0.2, 0.25) is 10.0 Å². The highest BCUT2D eigenvalue weighted by molar-refractivity contribution is 7.92. The van der Waals surface area contributed by atoms with Crippen molar-refractivity contribution >= 4 is 60.5 Å². The van der Waals surface area contributed by atoms with E-state index in [-0.39, 0.29) is 31.1 Å². The Morgan fingerprint density at radius 3 is 2.00 bits per heavy atom. The van der Waals surface area contributed by atoms with Crippen molar-refractivity contribution in [2.24, 2.45) is 0 Å². The maximum absolute atomic E-state index is 12.9. The molecule has 1 amide bonds. The molecule has 8 nitrogen and oxygen atoms in total. The molecule has 1 fully saturated rings. The highest BCUT2D eigenvalue weighted by Gasteiger charge is 2.28. The average molecular weight is 569 g/mol. The third-order valence-electron chi connectivity index (χ3n) is 5.69. The zero-order valence-corrected chi connectivity index (χ0v) is 22.3. The standard InChI is InChI=1S/C24H23Cl2N3O5S2/c1-16-4-7-22(36(33,34)29-10-2-3-11-29)15-23(16)24(30)27-19-5-8-21(9-6-19)35(31,32)28-20-13-17(25)12-18(26)14-20/h4-9,12-15,28H,2-3,10-11H2,1H3,(H,27,30). The van der Waals surface area contributed by atoms with Crippen molar-refractivity contribution < 1.29 is 21.6 Å². The molecule has 3 aromatic carbocycles. The molecule has 4 rings (SSSR count). The van der Waals surface area contributed by atoms with Crippen LogP contribution in [0.5, 0.6) is 0 Å². The van der Waals surface area contributed by atoms with Gasteiger partial charge in [-0.25, -0.2) is 16.8 Å². The monoisotopic (exact) mass is 567 g/mol. The summed E-state index contributed by atoms with van der Waals surface area (Å²) in [4.78, 5) is 13.0. The summed E-state index contributed by atoms with van der Waals surface area (Å²) < 4.78 is 55.1. The highest BCUT2D eigenvalue weighted by atomic mass is 35.5. The van der Waals surface area contributed by atoms with Crippen molar-refractivity contribution in [2.45, 2.75) is 29.6 Å². The molecule has 190 valence electrons. The van der Waals surface area contributed by atoms with Crippen molar-refractivity contribution in [2.75, 3.05) is 23.1 Å². The number of nitrogens with zero attached hydrogens (tertiary/aromatic N) is 1. The summed E-state index contributed by atoms with van der Waals surface area (Å²) in [5.74, 6) is -0.506. The Morgan fingerprint density at radius 2 is 1.39 bits per heavy atom. The van der Waals surface area contributed by atoms with E-state index in [1.807, 2.05) is 0 Å². The summed E-state index contributed by atoms with van der Waals surface area (Å²) in [7, 11) is -7.61. The van der Waals surface area contributed by atoms with Gasteiger partial charge in [0.25, 0.3) is 15.9 Å². The minimum atomic E-state index is -3.93. The summed E-state index contributed by atoms with van der Waals surface area (Å²) >= 11 is 11.9. The lowest BCUT2D eigenvalue weighted by Crippen LogP contribution is -2.28. The van der Waals surface area contributed by atoms with E-state index >= 15 is 0 Å². The van der Waals surface area contributed by atoms with Gasteiger partial charge in [-0.2, -0.15) is 4.31 Å². The Kier molecular flexibility index (Phi) is 7.63. The topological polar surface area (TPSA) is 113 Å². The molecule has 1 heterocycles. The lowest BCUT2D eigenvalue weighted by molar-refractivity contribution is 0.102. The van der Waals surface area contributed by atoms with E-state index in [1.54, 1.807) is 13.0 Å². The second-order valence-corrected chi connectivity index (χ2v) is 12.8. The Hall–Kier alpha value is -2.63. The maximum atomic E-state index is 12.9. The number of halogens is 2. The van der Waals surface area contributed by atoms with E-state index in [1.165, 1.54) is 58.9 Å². The fourth-order valence-electron chi connectivity index (χ4n) is 3.83. The molecule has 0 aromatic heterocycles. The van der Waals surface area contributed by atoms with Crippen LogP contribution in [0.15, 0.2) is 70.5 Å². The van der Waals surface area contributed by atoms with Crippen molar-refractivity contribution in [1.29, 1.82) is 0 Å². The molecule has 0 atom stereocenters. The predicted octanol–water partition coefficient (Wildman–Crippen LogP) is 5.14. The lowest BCUT2D eigenvalue weighted by Gasteiger charge is -2.17. The number of benzene rings is 3. The Morgan fingerprint density at radius 1 is 0.806 bits per heavy atom. The zero-order chi connectivity index (χ0) is 26.1. The van der Waals surface area contributed by atoms with Gasteiger partial charge in [-0.3, -0.25) is 9.52 Å². The summed E-state index contributed by atoms with van der Waals surface area (Å²) in [6.45, 7) is 2.64. The SMILES string of the molecule is Cc1ccc(S(=O)(=O)N2CCCC2)cc1C(=O)Nc1ccc(S(=O)(=O)Nc2cc(Cl)cc(Cl)c2)cc1. The molecule has 1 aliphatic rings. The first-order valence-electron chi connectivity index (χ1n) is 11.0. The maximum Gasteiger partial charge on any atom is 0.261 e. The molecule has 0 bridgehead atoms. The number of carbonyl (C=O) groups excluding carboxylic acids is 1. The number of rotatable bonds is 7. The van der Waals surface area contributed by atoms with Crippen LogP contribution < -0.4 is 10.0 Å². The van der Waals surface area contributed by atoms with Crippen LogP contribution in [0.25, 0.3) is 0 Å². The molecule has 0 unspecified atom stereocenters. The molecule has 2 N–H and O–H groups in total. The van der Waals surface area contributed by atoms with Gasteiger partial charge in [0.15, 0.2) is 0 Å². The van der Waals surface area contributed by atoms with Gasteiger partial charge in [0, 0.05) is 34.4 Å². The molecular formula is C24H23Cl2N3O5S2. The van der Waals surface area contributed by atoms with Crippen LogP contribution in [0, 0.1) is 6.92 Å². The second-order valence-electron chi connectivity index (χ2n) is 8.33. The summed E-state index contributed by atoms with van der Waals surface area (Å²) in [5, 5.41) is 3.26. The minimum Gasteiger partial charge on any atom is -0.322 e. The molecule has 0 spiro atoms. The molecule has 36 heavy (non-hydrogen) atoms. The number of sulfonamides is 2. The predicted molar refractivity (Wildman–Crippen MR) is 141 cm³/mol. The second kappa shape index (κ2) is 10.4. The third-order valence-corrected chi connectivity index (χ3v) is 9.42. The number of amides is 1. The van der Waals surface area contributed by atoms with Crippen LogP contribution in [0.1, 0.15) is 28.8 Å². The van der Waals surface area contributed by atoms with Crippen LogP contribution in [0.4, 0.5) is 11.4 Å². The van der Waals surface area contributed by atoms with Gasteiger partial charge in [0.05, 0.1) is 15.5 Å². The largest absolute Gasteiger partial charge is 0.322 e. The smallest absolute Gasteiger partial charge is 0.261 e. The van der Waals surface area contributed by atoms with Crippen LogP contribution >= 0.6 is 23.2 Å². The first-order chi connectivity index (χ1) is 17.0.